The van der Waals surface area contributed by atoms with Crippen LogP contribution in [0.2, 0.25) is 0 Å². The van der Waals surface area contributed by atoms with Crippen LogP contribution in [0.4, 0.5) is 4.79 Å². The lowest BCUT2D eigenvalue weighted by atomic mass is 10.2. The first-order valence-corrected chi connectivity index (χ1v) is 8.21. The summed E-state index contributed by atoms with van der Waals surface area (Å²) in [6.45, 7) is 5.71. The largest absolute Gasteiger partial charge is 0.444 e. The molecule has 7 heteroatoms. The van der Waals surface area contributed by atoms with E-state index in [9.17, 15) is 13.2 Å². The van der Waals surface area contributed by atoms with E-state index in [0.717, 1.165) is 19.1 Å². The molecule has 1 amide bonds. The molecule has 0 aromatic heterocycles. The van der Waals surface area contributed by atoms with Crippen LogP contribution in [0.1, 0.15) is 40.0 Å². The van der Waals surface area contributed by atoms with Crippen molar-refractivity contribution in [2.75, 3.05) is 12.8 Å². The van der Waals surface area contributed by atoms with E-state index < -0.39 is 21.8 Å². The van der Waals surface area contributed by atoms with E-state index in [0.29, 0.717) is 6.42 Å². The number of amides is 1. The van der Waals surface area contributed by atoms with Crippen LogP contribution >= 0.6 is 0 Å². The summed E-state index contributed by atoms with van der Waals surface area (Å²) in [5.41, 5.74) is -0.791. The van der Waals surface area contributed by atoms with Gasteiger partial charge in [-0.05, 0) is 33.6 Å². The Bertz CT molecular complexity index is 475. The molecule has 1 saturated carbocycles. The van der Waals surface area contributed by atoms with Crippen molar-refractivity contribution >= 4 is 16.2 Å². The highest BCUT2D eigenvalue weighted by molar-refractivity contribution is 7.86. The Labute approximate surface area is 114 Å². The molecule has 2 aliphatic rings. The second-order valence-electron chi connectivity index (χ2n) is 6.44. The molecule has 0 N–H and O–H groups in total. The van der Waals surface area contributed by atoms with Gasteiger partial charge in [-0.15, -0.1) is 0 Å². The molecule has 0 bridgehead atoms. The first-order valence-electron chi connectivity index (χ1n) is 6.40. The highest BCUT2D eigenvalue weighted by Crippen LogP contribution is 2.50. The van der Waals surface area contributed by atoms with Crippen LogP contribution in [0.25, 0.3) is 0 Å². The Kier molecular flexibility index (Phi) is 3.33. The zero-order chi connectivity index (χ0) is 14.5. The lowest BCUT2D eigenvalue weighted by molar-refractivity contribution is 0.0191. The van der Waals surface area contributed by atoms with Crippen LogP contribution in [0.3, 0.4) is 0 Å². The van der Waals surface area contributed by atoms with Gasteiger partial charge >= 0.3 is 6.09 Å². The number of ether oxygens (including phenoxy) is 1. The summed E-state index contributed by atoms with van der Waals surface area (Å²) in [5, 5.41) is 0. The molecule has 110 valence electrons. The van der Waals surface area contributed by atoms with Crippen molar-refractivity contribution in [3.63, 3.8) is 0 Å². The molecule has 2 rings (SSSR count). The maximum Gasteiger partial charge on any atom is 0.410 e. The van der Waals surface area contributed by atoms with Crippen LogP contribution < -0.4 is 0 Å². The summed E-state index contributed by atoms with van der Waals surface area (Å²) < 4.78 is 32.7. The topological polar surface area (TPSA) is 72.9 Å². The molecule has 0 aromatic carbocycles. The molecular formula is C12H21NO5S. The van der Waals surface area contributed by atoms with Crippen molar-refractivity contribution in [1.29, 1.82) is 0 Å². The summed E-state index contributed by atoms with van der Waals surface area (Å²) in [6.07, 6.45) is 2.53. The normalized spacial score (nSPS) is 25.7. The van der Waals surface area contributed by atoms with Gasteiger partial charge in [0.2, 0.25) is 0 Å². The summed E-state index contributed by atoms with van der Waals surface area (Å²) in [6, 6.07) is 0. The molecule has 1 aliphatic heterocycles. The van der Waals surface area contributed by atoms with Crippen LogP contribution in [-0.2, 0) is 19.0 Å². The highest BCUT2D eigenvalue weighted by Gasteiger charge is 2.58. The fourth-order valence-corrected chi connectivity index (χ4v) is 3.13. The third-order valence-corrected chi connectivity index (χ3v) is 3.94. The van der Waals surface area contributed by atoms with E-state index in [-0.39, 0.29) is 18.2 Å². The van der Waals surface area contributed by atoms with Gasteiger partial charge in [0.25, 0.3) is 10.1 Å². The number of carbonyl (C=O) groups is 1. The minimum atomic E-state index is -3.49. The molecule has 2 fully saturated rings. The number of likely N-dealkylation sites (tertiary alicyclic amines) is 1. The Morgan fingerprint density at radius 2 is 1.89 bits per heavy atom. The van der Waals surface area contributed by atoms with Crippen molar-refractivity contribution in [1.82, 2.24) is 4.90 Å². The van der Waals surface area contributed by atoms with Gasteiger partial charge in [0.1, 0.15) is 5.60 Å². The van der Waals surface area contributed by atoms with Crippen molar-refractivity contribution in [2.45, 2.75) is 57.3 Å². The minimum Gasteiger partial charge on any atom is -0.444 e. The third-order valence-electron chi connectivity index (χ3n) is 3.32. The van der Waals surface area contributed by atoms with Gasteiger partial charge in [-0.2, -0.15) is 8.42 Å². The van der Waals surface area contributed by atoms with Crippen LogP contribution in [0.15, 0.2) is 0 Å². The van der Waals surface area contributed by atoms with Gasteiger partial charge in [0.05, 0.1) is 18.9 Å². The van der Waals surface area contributed by atoms with E-state index in [4.69, 9.17) is 8.92 Å². The molecule has 1 aliphatic carbocycles. The molecule has 0 radical (unpaired) electrons. The molecule has 1 spiro atoms. The van der Waals surface area contributed by atoms with Crippen molar-refractivity contribution < 1.29 is 22.1 Å². The third kappa shape index (κ3) is 3.60. The zero-order valence-electron chi connectivity index (χ0n) is 11.8. The molecular weight excluding hydrogens is 270 g/mol. The second-order valence-corrected chi connectivity index (χ2v) is 8.04. The average molecular weight is 291 g/mol. The molecule has 1 atom stereocenters. The zero-order valence-corrected chi connectivity index (χ0v) is 12.6. The Morgan fingerprint density at radius 3 is 2.32 bits per heavy atom. The molecule has 0 aromatic rings. The number of hydrogen-bond acceptors (Lipinski definition) is 5. The summed E-state index contributed by atoms with van der Waals surface area (Å²) in [7, 11) is -3.49. The van der Waals surface area contributed by atoms with E-state index in [1.807, 2.05) is 20.8 Å². The highest BCUT2D eigenvalue weighted by atomic mass is 32.2. The first-order chi connectivity index (χ1) is 8.51. The van der Waals surface area contributed by atoms with E-state index in [2.05, 4.69) is 0 Å². The number of carbonyl (C=O) groups excluding carboxylic acids is 1. The predicted molar refractivity (Wildman–Crippen MR) is 69.2 cm³/mol. The number of nitrogens with zero attached hydrogens (tertiary/aromatic N) is 1. The molecule has 1 heterocycles. The lowest BCUT2D eigenvalue weighted by Gasteiger charge is -2.28. The van der Waals surface area contributed by atoms with Gasteiger partial charge in [-0.25, -0.2) is 4.79 Å². The van der Waals surface area contributed by atoms with Crippen LogP contribution in [0, 0.1) is 0 Å². The molecule has 0 unspecified atom stereocenters. The van der Waals surface area contributed by atoms with Gasteiger partial charge in [-0.3, -0.25) is 9.08 Å². The van der Waals surface area contributed by atoms with Crippen molar-refractivity contribution in [3.05, 3.63) is 0 Å². The quantitative estimate of drug-likeness (QED) is 0.721. The van der Waals surface area contributed by atoms with Gasteiger partial charge in [0.15, 0.2) is 0 Å². The minimum absolute atomic E-state index is 0.238. The average Bonchev–Trinajstić information content (AvgIpc) is 2.78. The fourth-order valence-electron chi connectivity index (χ4n) is 2.51. The maximum atomic E-state index is 12.1. The van der Waals surface area contributed by atoms with E-state index >= 15 is 0 Å². The smallest absolute Gasteiger partial charge is 0.410 e. The molecule has 1 saturated heterocycles. The van der Waals surface area contributed by atoms with E-state index in [1.165, 1.54) is 0 Å². The number of rotatable bonds is 2. The standard InChI is InChI=1S/C12H21NO5S/c1-11(2,3)17-10(14)13-8-9(18-19(4,15)16)7-12(13)5-6-12/h9H,5-8H2,1-4H3/t9-/m0/s1. The van der Waals surface area contributed by atoms with Gasteiger partial charge < -0.3 is 4.74 Å². The fraction of sp³-hybridized carbons (Fsp3) is 0.917. The lowest BCUT2D eigenvalue weighted by Crippen LogP contribution is -2.41. The van der Waals surface area contributed by atoms with Crippen molar-refractivity contribution in [3.8, 4) is 0 Å². The van der Waals surface area contributed by atoms with Gasteiger partial charge in [0, 0.05) is 12.0 Å². The summed E-state index contributed by atoms with van der Waals surface area (Å²) >= 11 is 0. The van der Waals surface area contributed by atoms with Crippen molar-refractivity contribution in [2.24, 2.45) is 0 Å². The Balaban J connectivity index is 2.04. The van der Waals surface area contributed by atoms with Gasteiger partial charge in [-0.1, -0.05) is 0 Å². The predicted octanol–water partition coefficient (Wildman–Crippen LogP) is 1.50. The monoisotopic (exact) mass is 291 g/mol. The SMILES string of the molecule is CC(C)(C)OC(=O)N1C[C@@H](OS(C)(=O)=O)CC12CC2. The van der Waals surface area contributed by atoms with Crippen LogP contribution in [-0.4, -0.2) is 49.5 Å². The van der Waals surface area contributed by atoms with Crippen LogP contribution in [0.5, 0.6) is 0 Å². The van der Waals surface area contributed by atoms with E-state index in [1.54, 1.807) is 4.90 Å². The summed E-state index contributed by atoms with van der Waals surface area (Å²) in [5.74, 6) is 0. The molecule has 6 nitrogen and oxygen atoms in total. The Hall–Kier alpha value is -0.820. The number of hydrogen-bond donors (Lipinski definition) is 0. The Morgan fingerprint density at radius 1 is 1.32 bits per heavy atom. The maximum absolute atomic E-state index is 12.1. The summed E-state index contributed by atoms with van der Waals surface area (Å²) in [4.78, 5) is 13.8. The second kappa shape index (κ2) is 4.34. The first kappa shape index (κ1) is 14.6. The molecule has 19 heavy (non-hydrogen) atoms.